The van der Waals surface area contributed by atoms with Crippen LogP contribution in [0.15, 0.2) is 0 Å². The smallest absolute Gasteiger partial charge is 0.303 e. The predicted molar refractivity (Wildman–Crippen MR) is 57.9 cm³/mol. The predicted octanol–water partition coefficient (Wildman–Crippen LogP) is 1.35. The van der Waals surface area contributed by atoms with Crippen molar-refractivity contribution in [3.05, 3.63) is 0 Å². The molecule has 0 aromatic carbocycles. The second kappa shape index (κ2) is 6.08. The van der Waals surface area contributed by atoms with E-state index in [9.17, 15) is 4.79 Å². The number of rotatable bonds is 5. The van der Waals surface area contributed by atoms with Gasteiger partial charge in [0.2, 0.25) is 0 Å². The molecule has 1 fully saturated rings. The molecule has 0 aromatic rings. The molecule has 0 bridgehead atoms. The van der Waals surface area contributed by atoms with E-state index in [2.05, 4.69) is 18.7 Å². The molecule has 0 unspecified atom stereocenters. The van der Waals surface area contributed by atoms with Crippen LogP contribution in [0.5, 0.6) is 0 Å². The van der Waals surface area contributed by atoms with Crippen LogP contribution in [0.4, 0.5) is 0 Å². The maximum Gasteiger partial charge on any atom is 0.303 e. The van der Waals surface area contributed by atoms with Gasteiger partial charge in [-0.2, -0.15) is 0 Å². The van der Waals surface area contributed by atoms with E-state index in [1.807, 2.05) is 0 Å². The van der Waals surface area contributed by atoms with Gasteiger partial charge in [0.1, 0.15) is 0 Å². The van der Waals surface area contributed by atoms with Gasteiger partial charge < -0.3 is 9.84 Å². The SMILES string of the molecule is CC[C@H]1CN(CCCC(=O)O)C[C@@H](C)O1. The monoisotopic (exact) mass is 215 g/mol. The molecule has 0 spiro atoms. The van der Waals surface area contributed by atoms with Crippen LogP contribution in [0.2, 0.25) is 0 Å². The Kier molecular flexibility index (Phi) is 5.05. The minimum atomic E-state index is -0.705. The van der Waals surface area contributed by atoms with Gasteiger partial charge in [0.15, 0.2) is 0 Å². The van der Waals surface area contributed by atoms with Gasteiger partial charge in [-0.15, -0.1) is 0 Å². The van der Waals surface area contributed by atoms with Crippen LogP contribution in [-0.4, -0.2) is 47.8 Å². The molecule has 88 valence electrons. The van der Waals surface area contributed by atoms with Gasteiger partial charge in [-0.3, -0.25) is 9.69 Å². The van der Waals surface area contributed by atoms with Gasteiger partial charge in [0, 0.05) is 19.5 Å². The minimum Gasteiger partial charge on any atom is -0.481 e. The lowest BCUT2D eigenvalue weighted by atomic mass is 10.1. The average molecular weight is 215 g/mol. The summed E-state index contributed by atoms with van der Waals surface area (Å²) in [6, 6.07) is 0. The summed E-state index contributed by atoms with van der Waals surface area (Å²) in [7, 11) is 0. The highest BCUT2D eigenvalue weighted by Crippen LogP contribution is 2.13. The van der Waals surface area contributed by atoms with Gasteiger partial charge in [0.05, 0.1) is 12.2 Å². The molecule has 1 rings (SSSR count). The maximum atomic E-state index is 10.4. The lowest BCUT2D eigenvalue weighted by Gasteiger charge is -2.36. The van der Waals surface area contributed by atoms with Gasteiger partial charge in [-0.25, -0.2) is 0 Å². The highest BCUT2D eigenvalue weighted by Gasteiger charge is 2.23. The van der Waals surface area contributed by atoms with Crippen molar-refractivity contribution in [1.29, 1.82) is 0 Å². The largest absolute Gasteiger partial charge is 0.481 e. The van der Waals surface area contributed by atoms with E-state index in [0.29, 0.717) is 6.10 Å². The number of carbonyl (C=O) groups is 1. The zero-order valence-electron chi connectivity index (χ0n) is 9.61. The van der Waals surface area contributed by atoms with Crippen molar-refractivity contribution >= 4 is 5.97 Å². The van der Waals surface area contributed by atoms with E-state index in [1.165, 1.54) is 0 Å². The van der Waals surface area contributed by atoms with E-state index in [0.717, 1.165) is 32.5 Å². The number of carboxylic acids is 1. The molecule has 0 amide bonds. The molecule has 1 N–H and O–H groups in total. The van der Waals surface area contributed by atoms with E-state index in [4.69, 9.17) is 9.84 Å². The molecule has 4 nitrogen and oxygen atoms in total. The quantitative estimate of drug-likeness (QED) is 0.752. The van der Waals surface area contributed by atoms with Crippen LogP contribution in [0, 0.1) is 0 Å². The Labute approximate surface area is 91.2 Å². The highest BCUT2D eigenvalue weighted by atomic mass is 16.5. The summed E-state index contributed by atoms with van der Waals surface area (Å²) >= 11 is 0. The molecule has 1 aliphatic rings. The zero-order chi connectivity index (χ0) is 11.3. The number of carboxylic acid groups (broad SMARTS) is 1. The molecular formula is C11H21NO3. The first-order valence-corrected chi connectivity index (χ1v) is 5.71. The minimum absolute atomic E-state index is 0.266. The average Bonchev–Trinajstić information content (AvgIpc) is 2.16. The van der Waals surface area contributed by atoms with Crippen molar-refractivity contribution in [3.63, 3.8) is 0 Å². The Morgan fingerprint density at radius 3 is 2.87 bits per heavy atom. The van der Waals surface area contributed by atoms with Crippen molar-refractivity contribution in [2.75, 3.05) is 19.6 Å². The first-order chi connectivity index (χ1) is 7.11. The van der Waals surface area contributed by atoms with Crippen LogP contribution in [0.3, 0.4) is 0 Å². The van der Waals surface area contributed by atoms with Gasteiger partial charge in [-0.05, 0) is 26.3 Å². The summed E-state index contributed by atoms with van der Waals surface area (Å²) in [6.07, 6.45) is 2.62. The summed E-state index contributed by atoms with van der Waals surface area (Å²) in [5, 5.41) is 8.55. The Morgan fingerprint density at radius 2 is 2.27 bits per heavy atom. The molecule has 0 radical (unpaired) electrons. The van der Waals surface area contributed by atoms with Crippen LogP contribution in [0.25, 0.3) is 0 Å². The number of aliphatic carboxylic acids is 1. The fraction of sp³-hybridized carbons (Fsp3) is 0.909. The summed E-state index contributed by atoms with van der Waals surface area (Å²) in [5.41, 5.74) is 0. The number of nitrogens with zero attached hydrogens (tertiary/aromatic N) is 1. The molecular weight excluding hydrogens is 194 g/mol. The fourth-order valence-electron chi connectivity index (χ4n) is 2.00. The van der Waals surface area contributed by atoms with Gasteiger partial charge in [0.25, 0.3) is 0 Å². The Hall–Kier alpha value is -0.610. The van der Waals surface area contributed by atoms with Crippen LogP contribution in [0.1, 0.15) is 33.1 Å². The third kappa shape index (κ3) is 4.62. The molecule has 4 heteroatoms. The fourth-order valence-corrected chi connectivity index (χ4v) is 2.00. The molecule has 0 aliphatic carbocycles. The van der Waals surface area contributed by atoms with Crippen molar-refractivity contribution in [1.82, 2.24) is 4.90 Å². The standard InChI is InChI=1S/C11H21NO3/c1-3-10-8-12(7-9(2)15-10)6-4-5-11(13)14/h9-10H,3-8H2,1-2H3,(H,13,14)/t9-,10+/m1/s1. The lowest BCUT2D eigenvalue weighted by Crippen LogP contribution is -2.46. The Bertz CT molecular complexity index is 208. The third-order valence-electron chi connectivity index (χ3n) is 2.72. The van der Waals surface area contributed by atoms with E-state index in [-0.39, 0.29) is 12.5 Å². The molecule has 1 aliphatic heterocycles. The molecule has 1 saturated heterocycles. The second-order valence-electron chi connectivity index (χ2n) is 4.23. The third-order valence-corrected chi connectivity index (χ3v) is 2.72. The highest BCUT2D eigenvalue weighted by molar-refractivity contribution is 5.66. The number of hydrogen-bond acceptors (Lipinski definition) is 3. The van der Waals surface area contributed by atoms with E-state index >= 15 is 0 Å². The molecule has 0 aromatic heterocycles. The lowest BCUT2D eigenvalue weighted by molar-refractivity contribution is -0.137. The molecule has 1 heterocycles. The van der Waals surface area contributed by atoms with Crippen LogP contribution < -0.4 is 0 Å². The molecule has 0 saturated carbocycles. The Balaban J connectivity index is 2.25. The summed E-state index contributed by atoms with van der Waals surface area (Å²) in [5.74, 6) is -0.705. The number of ether oxygens (including phenoxy) is 1. The van der Waals surface area contributed by atoms with Crippen LogP contribution in [-0.2, 0) is 9.53 Å². The zero-order valence-corrected chi connectivity index (χ0v) is 9.61. The van der Waals surface area contributed by atoms with Crippen molar-refractivity contribution < 1.29 is 14.6 Å². The maximum absolute atomic E-state index is 10.4. The molecule has 2 atom stereocenters. The topological polar surface area (TPSA) is 49.8 Å². The van der Waals surface area contributed by atoms with Crippen molar-refractivity contribution in [2.45, 2.75) is 45.3 Å². The van der Waals surface area contributed by atoms with E-state index in [1.54, 1.807) is 0 Å². The van der Waals surface area contributed by atoms with Crippen molar-refractivity contribution in [3.8, 4) is 0 Å². The first-order valence-electron chi connectivity index (χ1n) is 5.71. The van der Waals surface area contributed by atoms with Gasteiger partial charge in [-0.1, -0.05) is 6.92 Å². The van der Waals surface area contributed by atoms with E-state index < -0.39 is 5.97 Å². The first kappa shape index (κ1) is 12.5. The summed E-state index contributed by atoms with van der Waals surface area (Å²) in [4.78, 5) is 12.7. The van der Waals surface area contributed by atoms with Crippen molar-refractivity contribution in [2.24, 2.45) is 0 Å². The van der Waals surface area contributed by atoms with Crippen LogP contribution >= 0.6 is 0 Å². The Morgan fingerprint density at radius 1 is 1.53 bits per heavy atom. The normalized spacial score (nSPS) is 27.9. The molecule has 15 heavy (non-hydrogen) atoms. The summed E-state index contributed by atoms with van der Waals surface area (Å²) < 4.78 is 5.74. The number of morpholine rings is 1. The second-order valence-corrected chi connectivity index (χ2v) is 4.23. The van der Waals surface area contributed by atoms with Gasteiger partial charge >= 0.3 is 5.97 Å². The number of hydrogen-bond donors (Lipinski definition) is 1. The summed E-state index contributed by atoms with van der Waals surface area (Å²) in [6.45, 7) is 6.94.